The number of amides is 1. The van der Waals surface area contributed by atoms with Gasteiger partial charge >= 0.3 is 0 Å². The van der Waals surface area contributed by atoms with E-state index in [0.717, 1.165) is 5.69 Å². The van der Waals surface area contributed by atoms with Gasteiger partial charge in [-0.05, 0) is 24.6 Å². The summed E-state index contributed by atoms with van der Waals surface area (Å²) in [5, 5.41) is 3.32. The molecule has 1 aliphatic rings. The summed E-state index contributed by atoms with van der Waals surface area (Å²) < 4.78 is 14.7. The highest BCUT2D eigenvalue weighted by Gasteiger charge is 2.27. The molecule has 1 aromatic carbocycles. The fourth-order valence-electron chi connectivity index (χ4n) is 2.52. The van der Waals surface area contributed by atoms with Crippen molar-refractivity contribution >= 4 is 23.4 Å². The van der Waals surface area contributed by atoms with Crippen LogP contribution in [-0.4, -0.2) is 21.2 Å². The van der Waals surface area contributed by atoms with Gasteiger partial charge in [0.15, 0.2) is 5.16 Å². The third kappa shape index (κ3) is 3.44. The number of halogens is 1. The van der Waals surface area contributed by atoms with E-state index in [0.29, 0.717) is 23.0 Å². The molecule has 2 aromatic rings. The number of nitrogens with one attached hydrogen (secondary N) is 1. The van der Waals surface area contributed by atoms with Gasteiger partial charge in [0, 0.05) is 29.6 Å². The molecule has 0 spiro atoms. The SMILES string of the molecule is CCc1cc(=O)n2c(n1)SCC2CC(=O)Nc1cccc(F)c1. The third-order valence-electron chi connectivity index (χ3n) is 3.63. The van der Waals surface area contributed by atoms with Crippen molar-refractivity contribution in [1.82, 2.24) is 9.55 Å². The average Bonchev–Trinajstić information content (AvgIpc) is 2.90. The van der Waals surface area contributed by atoms with Gasteiger partial charge in [0.2, 0.25) is 5.91 Å². The molecule has 0 radical (unpaired) electrons. The van der Waals surface area contributed by atoms with E-state index in [1.165, 1.54) is 36.0 Å². The first-order chi connectivity index (χ1) is 11.1. The molecule has 1 atom stereocenters. The van der Waals surface area contributed by atoms with Crippen molar-refractivity contribution in [2.45, 2.75) is 31.0 Å². The summed E-state index contributed by atoms with van der Waals surface area (Å²) in [5.41, 5.74) is 1.05. The van der Waals surface area contributed by atoms with Gasteiger partial charge in [0.05, 0.1) is 6.04 Å². The van der Waals surface area contributed by atoms with Gasteiger partial charge < -0.3 is 5.32 Å². The molecule has 1 aromatic heterocycles. The van der Waals surface area contributed by atoms with E-state index in [4.69, 9.17) is 0 Å². The lowest BCUT2D eigenvalue weighted by molar-refractivity contribution is -0.116. The van der Waals surface area contributed by atoms with Gasteiger partial charge in [-0.3, -0.25) is 14.2 Å². The monoisotopic (exact) mass is 333 g/mol. The smallest absolute Gasteiger partial charge is 0.254 e. The summed E-state index contributed by atoms with van der Waals surface area (Å²) in [4.78, 5) is 28.8. The van der Waals surface area contributed by atoms with Crippen LogP contribution < -0.4 is 10.9 Å². The van der Waals surface area contributed by atoms with Crippen molar-refractivity contribution in [3.8, 4) is 0 Å². The van der Waals surface area contributed by atoms with Crippen LogP contribution in [-0.2, 0) is 11.2 Å². The fourth-order valence-corrected chi connectivity index (χ4v) is 3.69. The Balaban J connectivity index is 1.73. The van der Waals surface area contributed by atoms with Crippen molar-refractivity contribution < 1.29 is 9.18 Å². The van der Waals surface area contributed by atoms with E-state index in [-0.39, 0.29) is 23.9 Å². The zero-order valence-corrected chi connectivity index (χ0v) is 13.4. The summed E-state index contributed by atoms with van der Waals surface area (Å²) >= 11 is 1.48. The highest BCUT2D eigenvalue weighted by atomic mass is 32.2. The number of aryl methyl sites for hydroxylation is 1. The summed E-state index contributed by atoms with van der Waals surface area (Å²) in [6.45, 7) is 1.95. The lowest BCUT2D eigenvalue weighted by atomic mass is 10.2. The first kappa shape index (κ1) is 15.7. The zero-order chi connectivity index (χ0) is 16.4. The Hall–Kier alpha value is -2.15. The number of rotatable bonds is 4. The molecule has 0 saturated carbocycles. The van der Waals surface area contributed by atoms with Crippen LogP contribution in [0.1, 0.15) is 25.1 Å². The van der Waals surface area contributed by atoms with Crippen molar-refractivity contribution in [2.75, 3.05) is 11.1 Å². The number of thioether (sulfide) groups is 1. The van der Waals surface area contributed by atoms with Gasteiger partial charge in [-0.1, -0.05) is 24.8 Å². The maximum atomic E-state index is 13.1. The molecule has 1 unspecified atom stereocenters. The Morgan fingerprint density at radius 3 is 3.04 bits per heavy atom. The molecule has 0 aliphatic carbocycles. The zero-order valence-electron chi connectivity index (χ0n) is 12.6. The second-order valence-corrected chi connectivity index (χ2v) is 6.31. The van der Waals surface area contributed by atoms with Crippen LogP contribution in [0, 0.1) is 5.82 Å². The van der Waals surface area contributed by atoms with Crippen molar-refractivity contribution in [3.05, 3.63) is 52.2 Å². The Bertz CT molecular complexity index is 806. The number of carbonyl (C=O) groups excluding carboxylic acids is 1. The number of benzene rings is 1. The van der Waals surface area contributed by atoms with E-state index in [1.54, 1.807) is 10.6 Å². The first-order valence-electron chi connectivity index (χ1n) is 7.37. The van der Waals surface area contributed by atoms with Crippen LogP contribution in [0.5, 0.6) is 0 Å². The molecule has 5 nitrogen and oxygen atoms in total. The minimum Gasteiger partial charge on any atom is -0.326 e. The molecule has 0 bridgehead atoms. The predicted octanol–water partition coefficient (Wildman–Crippen LogP) is 2.62. The van der Waals surface area contributed by atoms with Crippen LogP contribution >= 0.6 is 11.8 Å². The standard InChI is InChI=1S/C16H16FN3O2S/c1-2-11-7-15(22)20-13(9-23-16(20)19-11)8-14(21)18-12-5-3-4-10(17)6-12/h3-7,13H,2,8-9H2,1H3,(H,18,21). The van der Waals surface area contributed by atoms with E-state index in [9.17, 15) is 14.0 Å². The number of anilines is 1. The third-order valence-corrected chi connectivity index (χ3v) is 4.73. The van der Waals surface area contributed by atoms with Crippen LogP contribution in [0.4, 0.5) is 10.1 Å². The number of hydrogen-bond acceptors (Lipinski definition) is 4. The number of carbonyl (C=O) groups is 1. The molecule has 2 heterocycles. The number of hydrogen-bond donors (Lipinski definition) is 1. The van der Waals surface area contributed by atoms with Crippen LogP contribution in [0.2, 0.25) is 0 Å². The second kappa shape index (κ2) is 6.54. The van der Waals surface area contributed by atoms with E-state index in [1.807, 2.05) is 6.92 Å². The maximum absolute atomic E-state index is 13.1. The molecular weight excluding hydrogens is 317 g/mol. The molecule has 23 heavy (non-hydrogen) atoms. The van der Waals surface area contributed by atoms with E-state index in [2.05, 4.69) is 10.3 Å². The lowest BCUT2D eigenvalue weighted by Crippen LogP contribution is -2.27. The number of aromatic nitrogens is 2. The summed E-state index contributed by atoms with van der Waals surface area (Å²) in [5.74, 6) is -0.0241. The molecule has 1 aliphatic heterocycles. The van der Waals surface area contributed by atoms with Gasteiger partial charge in [-0.2, -0.15) is 0 Å². The number of nitrogens with zero attached hydrogens (tertiary/aromatic N) is 2. The van der Waals surface area contributed by atoms with Gasteiger partial charge in [0.25, 0.3) is 5.56 Å². The van der Waals surface area contributed by atoms with Gasteiger partial charge in [-0.25, -0.2) is 9.37 Å². The Kier molecular flexibility index (Phi) is 4.47. The molecule has 1 N–H and O–H groups in total. The van der Waals surface area contributed by atoms with Crippen LogP contribution in [0.3, 0.4) is 0 Å². The normalized spacial score (nSPS) is 16.2. The quantitative estimate of drug-likeness (QED) is 0.874. The molecule has 1 amide bonds. The minimum atomic E-state index is -0.405. The first-order valence-corrected chi connectivity index (χ1v) is 8.36. The Morgan fingerprint density at radius 1 is 1.48 bits per heavy atom. The minimum absolute atomic E-state index is 0.125. The highest BCUT2D eigenvalue weighted by molar-refractivity contribution is 7.99. The molecular formula is C16H16FN3O2S. The molecule has 0 fully saturated rings. The van der Waals surface area contributed by atoms with Crippen molar-refractivity contribution in [1.29, 1.82) is 0 Å². The van der Waals surface area contributed by atoms with E-state index < -0.39 is 5.82 Å². The van der Waals surface area contributed by atoms with Gasteiger partial charge in [-0.15, -0.1) is 0 Å². The highest BCUT2D eigenvalue weighted by Crippen LogP contribution is 2.32. The molecule has 3 rings (SSSR count). The molecule has 120 valence electrons. The van der Waals surface area contributed by atoms with Crippen molar-refractivity contribution in [2.24, 2.45) is 0 Å². The Morgan fingerprint density at radius 2 is 2.30 bits per heavy atom. The van der Waals surface area contributed by atoms with E-state index >= 15 is 0 Å². The number of fused-ring (bicyclic) bond motifs is 1. The van der Waals surface area contributed by atoms with Crippen molar-refractivity contribution in [3.63, 3.8) is 0 Å². The average molecular weight is 333 g/mol. The fraction of sp³-hybridized carbons (Fsp3) is 0.312. The van der Waals surface area contributed by atoms with Crippen LogP contribution in [0.25, 0.3) is 0 Å². The summed E-state index contributed by atoms with van der Waals surface area (Å²) in [6, 6.07) is 7.03. The molecule has 7 heteroatoms. The predicted molar refractivity (Wildman–Crippen MR) is 87.3 cm³/mol. The second-order valence-electron chi connectivity index (χ2n) is 5.32. The summed E-state index contributed by atoms with van der Waals surface area (Å²) in [7, 11) is 0. The molecule has 0 saturated heterocycles. The largest absolute Gasteiger partial charge is 0.326 e. The summed E-state index contributed by atoms with van der Waals surface area (Å²) in [6.07, 6.45) is 0.859. The Labute approximate surface area is 136 Å². The topological polar surface area (TPSA) is 64.0 Å². The maximum Gasteiger partial charge on any atom is 0.254 e. The van der Waals surface area contributed by atoms with Crippen LogP contribution in [0.15, 0.2) is 40.3 Å². The lowest BCUT2D eigenvalue weighted by Gasteiger charge is -2.13. The van der Waals surface area contributed by atoms with Gasteiger partial charge in [0.1, 0.15) is 5.82 Å².